The quantitative estimate of drug-likeness (QED) is 0.857. The Kier molecular flexibility index (Phi) is 4.63. The summed E-state index contributed by atoms with van der Waals surface area (Å²) >= 11 is 9.34. The van der Waals surface area contributed by atoms with E-state index in [1.54, 1.807) is 31.2 Å². The van der Waals surface area contributed by atoms with Gasteiger partial charge in [-0.05, 0) is 24.1 Å². The van der Waals surface area contributed by atoms with Gasteiger partial charge in [0.05, 0.1) is 0 Å². The molecular formula is C11H14BrClO3S. The van der Waals surface area contributed by atoms with Crippen molar-refractivity contribution in [1.82, 2.24) is 0 Å². The first-order valence-corrected chi connectivity index (χ1v) is 8.10. The zero-order valence-corrected chi connectivity index (χ0v) is 12.7. The molecule has 96 valence electrons. The number of aliphatic hydroxyl groups is 1. The molecule has 0 saturated carbocycles. The van der Waals surface area contributed by atoms with E-state index in [1.165, 1.54) is 0 Å². The first-order valence-electron chi connectivity index (χ1n) is 5.04. The topological polar surface area (TPSA) is 54.4 Å². The lowest BCUT2D eigenvalue weighted by molar-refractivity contribution is 0.155. The van der Waals surface area contributed by atoms with Gasteiger partial charge in [0.15, 0.2) is 14.0 Å². The van der Waals surface area contributed by atoms with Crippen molar-refractivity contribution in [3.63, 3.8) is 0 Å². The molecule has 0 spiro atoms. The number of hydrogen-bond donors (Lipinski definition) is 1. The van der Waals surface area contributed by atoms with Crippen LogP contribution in [0.1, 0.15) is 25.0 Å². The molecule has 1 aromatic rings. The molecule has 0 fully saturated rings. The molecule has 6 heteroatoms. The van der Waals surface area contributed by atoms with Crippen LogP contribution in [0.2, 0.25) is 0 Å². The highest BCUT2D eigenvalue weighted by molar-refractivity contribution is 9.10. The highest BCUT2D eigenvalue weighted by Gasteiger charge is 2.44. The number of alkyl halides is 1. The fraction of sp³-hybridized carbons (Fsp3) is 0.455. The van der Waals surface area contributed by atoms with Crippen molar-refractivity contribution in [1.29, 1.82) is 0 Å². The summed E-state index contributed by atoms with van der Waals surface area (Å²) in [6, 6.07) is 6.75. The summed E-state index contributed by atoms with van der Waals surface area (Å²) in [5.74, 6) is 0. The fourth-order valence-electron chi connectivity index (χ4n) is 1.55. The molecule has 0 saturated heterocycles. The minimum Gasteiger partial charge on any atom is -0.385 e. The van der Waals surface area contributed by atoms with Gasteiger partial charge in [-0.1, -0.05) is 46.6 Å². The minimum absolute atomic E-state index is 0.130. The van der Waals surface area contributed by atoms with Crippen LogP contribution in [0, 0.1) is 0 Å². The minimum atomic E-state index is -3.57. The van der Waals surface area contributed by atoms with Crippen molar-refractivity contribution in [3.05, 3.63) is 34.3 Å². The number of halogens is 2. The molecule has 17 heavy (non-hydrogen) atoms. The summed E-state index contributed by atoms with van der Waals surface area (Å²) < 4.78 is 22.5. The summed E-state index contributed by atoms with van der Waals surface area (Å²) in [6.45, 7) is 1.64. The van der Waals surface area contributed by atoms with Gasteiger partial charge >= 0.3 is 0 Å². The van der Waals surface area contributed by atoms with Crippen LogP contribution >= 0.6 is 27.5 Å². The van der Waals surface area contributed by atoms with Crippen LogP contribution < -0.4 is 0 Å². The molecule has 0 radical (unpaired) electrons. The van der Waals surface area contributed by atoms with Gasteiger partial charge in [-0.2, -0.15) is 0 Å². The highest BCUT2D eigenvalue weighted by atomic mass is 79.9. The normalized spacial score (nSPS) is 17.5. The molecule has 0 bridgehead atoms. The third-order valence-corrected chi connectivity index (χ3v) is 6.28. The van der Waals surface area contributed by atoms with Crippen LogP contribution in [-0.4, -0.2) is 24.0 Å². The van der Waals surface area contributed by atoms with Gasteiger partial charge in [-0.25, -0.2) is 8.42 Å². The third-order valence-electron chi connectivity index (χ3n) is 2.69. The zero-order chi connectivity index (χ0) is 13.3. The largest absolute Gasteiger partial charge is 0.385 e. The van der Waals surface area contributed by atoms with E-state index in [-0.39, 0.29) is 6.42 Å². The Morgan fingerprint density at radius 1 is 1.41 bits per heavy atom. The molecule has 0 amide bonds. The van der Waals surface area contributed by atoms with Crippen molar-refractivity contribution < 1.29 is 13.5 Å². The Balaban J connectivity index is 3.19. The molecule has 3 nitrogen and oxygen atoms in total. The number of sulfone groups is 1. The van der Waals surface area contributed by atoms with Crippen molar-refractivity contribution in [3.8, 4) is 0 Å². The van der Waals surface area contributed by atoms with Gasteiger partial charge in [0.25, 0.3) is 0 Å². The van der Waals surface area contributed by atoms with Crippen LogP contribution in [0.5, 0.6) is 0 Å². The van der Waals surface area contributed by atoms with E-state index in [2.05, 4.69) is 15.9 Å². The van der Waals surface area contributed by atoms with E-state index in [0.29, 0.717) is 5.56 Å². The lowest BCUT2D eigenvalue weighted by Crippen LogP contribution is -2.37. The predicted octanol–water partition coefficient (Wildman–Crippen LogP) is 2.87. The summed E-state index contributed by atoms with van der Waals surface area (Å²) in [6.07, 6.45) is -0.0896. The Bertz CT molecular complexity index is 486. The average Bonchev–Trinajstić information content (AvgIpc) is 2.26. The lowest BCUT2D eigenvalue weighted by atomic mass is 10.0. The maximum Gasteiger partial charge on any atom is 0.174 e. The molecule has 0 aromatic heterocycles. The Hall–Kier alpha value is -0.100. The Morgan fingerprint density at radius 2 is 1.88 bits per heavy atom. The predicted molar refractivity (Wildman–Crippen MR) is 72.8 cm³/mol. The van der Waals surface area contributed by atoms with Crippen LogP contribution in [-0.2, 0) is 9.84 Å². The summed E-state index contributed by atoms with van der Waals surface area (Å²) in [5, 5.41) is 10.1. The lowest BCUT2D eigenvalue weighted by Gasteiger charge is -2.29. The Labute approximate surface area is 115 Å². The fourth-order valence-corrected chi connectivity index (χ4v) is 3.01. The first kappa shape index (κ1) is 15.0. The number of rotatable bonds is 4. The second kappa shape index (κ2) is 5.26. The Morgan fingerprint density at radius 3 is 2.24 bits per heavy atom. The van der Waals surface area contributed by atoms with E-state index in [1.807, 2.05) is 0 Å². The van der Waals surface area contributed by atoms with E-state index in [9.17, 15) is 13.5 Å². The molecule has 0 unspecified atom stereocenters. The monoisotopic (exact) mass is 340 g/mol. The number of aliphatic hydroxyl groups excluding tert-OH is 1. The summed E-state index contributed by atoms with van der Waals surface area (Å²) in [7, 11) is -3.57. The molecule has 1 rings (SSSR count). The van der Waals surface area contributed by atoms with E-state index in [0.717, 1.165) is 10.7 Å². The average molecular weight is 342 g/mol. The summed E-state index contributed by atoms with van der Waals surface area (Å²) in [5.41, 5.74) is 0.482. The van der Waals surface area contributed by atoms with Crippen molar-refractivity contribution in [2.24, 2.45) is 0 Å². The summed E-state index contributed by atoms with van der Waals surface area (Å²) in [4.78, 5) is 0. The first-order chi connectivity index (χ1) is 7.72. The van der Waals surface area contributed by atoms with Gasteiger partial charge in [-0.15, -0.1) is 0 Å². The SMILES string of the molecule is CC[C@@](Cl)([C@H](O)c1ccc(Br)cc1)S(C)(=O)=O. The van der Waals surface area contributed by atoms with E-state index >= 15 is 0 Å². The van der Waals surface area contributed by atoms with Crippen LogP contribution in [0.25, 0.3) is 0 Å². The van der Waals surface area contributed by atoms with E-state index in [4.69, 9.17) is 11.6 Å². The van der Waals surface area contributed by atoms with Crippen LogP contribution in [0.4, 0.5) is 0 Å². The van der Waals surface area contributed by atoms with Gasteiger partial charge in [-0.3, -0.25) is 0 Å². The second-order valence-corrected chi connectivity index (χ2v) is 7.95. The van der Waals surface area contributed by atoms with Gasteiger partial charge in [0.2, 0.25) is 0 Å². The van der Waals surface area contributed by atoms with Gasteiger partial charge < -0.3 is 5.11 Å². The molecule has 2 atom stereocenters. The highest BCUT2D eigenvalue weighted by Crippen LogP contribution is 2.39. The maximum absolute atomic E-state index is 11.7. The molecular weight excluding hydrogens is 328 g/mol. The maximum atomic E-state index is 11.7. The standard InChI is InChI=1S/C11H14BrClO3S/c1-3-11(13,17(2,15)16)10(14)8-4-6-9(12)7-5-8/h4-7,10,14H,3H2,1-2H3/t10-,11+/m1/s1. The van der Waals surface area contributed by atoms with Crippen molar-refractivity contribution >= 4 is 37.4 Å². The zero-order valence-electron chi connectivity index (χ0n) is 9.52. The molecule has 0 aliphatic heterocycles. The smallest absolute Gasteiger partial charge is 0.174 e. The third kappa shape index (κ3) is 3.02. The van der Waals surface area contributed by atoms with E-state index < -0.39 is 20.1 Å². The molecule has 0 heterocycles. The van der Waals surface area contributed by atoms with Gasteiger partial charge in [0.1, 0.15) is 6.10 Å². The second-order valence-electron chi connectivity index (χ2n) is 3.87. The van der Waals surface area contributed by atoms with Crippen molar-refractivity contribution in [2.75, 3.05) is 6.26 Å². The molecule has 1 N–H and O–H groups in total. The molecule has 0 aliphatic rings. The molecule has 0 aliphatic carbocycles. The number of hydrogen-bond acceptors (Lipinski definition) is 3. The van der Waals surface area contributed by atoms with Crippen LogP contribution in [0.15, 0.2) is 28.7 Å². The van der Waals surface area contributed by atoms with Crippen LogP contribution in [0.3, 0.4) is 0 Å². The molecule has 1 aromatic carbocycles. The van der Waals surface area contributed by atoms with Crippen molar-refractivity contribution in [2.45, 2.75) is 23.7 Å². The van der Waals surface area contributed by atoms with Gasteiger partial charge in [0, 0.05) is 10.7 Å². The number of benzene rings is 1.